The number of aromatic nitrogens is 3. The van der Waals surface area contributed by atoms with E-state index in [0.29, 0.717) is 23.9 Å². The molecule has 0 atom stereocenters. The number of rotatable bonds is 2. The van der Waals surface area contributed by atoms with Gasteiger partial charge in [-0.2, -0.15) is 13.2 Å². The summed E-state index contributed by atoms with van der Waals surface area (Å²) >= 11 is 0. The molecule has 2 aromatic rings. The minimum Gasteiger partial charge on any atom is -0.330 e. The highest BCUT2D eigenvalue weighted by Gasteiger charge is 2.32. The second-order valence-corrected chi connectivity index (χ2v) is 5.66. The molecule has 1 aliphatic rings. The summed E-state index contributed by atoms with van der Waals surface area (Å²) in [5, 5.41) is 8.08. The molecule has 0 spiro atoms. The summed E-state index contributed by atoms with van der Waals surface area (Å²) in [7, 11) is 0. The lowest BCUT2D eigenvalue weighted by Crippen LogP contribution is -2.21. The van der Waals surface area contributed by atoms with E-state index >= 15 is 0 Å². The molecule has 3 rings (SSSR count). The molecule has 1 fully saturated rings. The molecule has 0 aliphatic heterocycles. The van der Waals surface area contributed by atoms with E-state index in [1.54, 1.807) is 0 Å². The van der Waals surface area contributed by atoms with E-state index in [9.17, 15) is 13.2 Å². The van der Waals surface area contributed by atoms with Crippen LogP contribution in [-0.2, 0) is 6.18 Å². The summed E-state index contributed by atoms with van der Waals surface area (Å²) in [5.41, 5.74) is 5.45. The van der Waals surface area contributed by atoms with Crippen molar-refractivity contribution in [2.24, 2.45) is 11.7 Å². The van der Waals surface area contributed by atoms with Crippen LogP contribution in [0.5, 0.6) is 0 Å². The molecule has 0 saturated heterocycles. The summed E-state index contributed by atoms with van der Waals surface area (Å²) in [5.74, 6) is 1.31. The van der Waals surface area contributed by atoms with Gasteiger partial charge < -0.3 is 5.73 Å². The van der Waals surface area contributed by atoms with Crippen molar-refractivity contribution >= 4 is 5.65 Å². The van der Waals surface area contributed by atoms with Crippen molar-refractivity contribution < 1.29 is 13.2 Å². The van der Waals surface area contributed by atoms with E-state index in [1.807, 2.05) is 0 Å². The predicted octanol–water partition coefficient (Wildman–Crippen LogP) is 2.98. The summed E-state index contributed by atoms with van der Waals surface area (Å²) in [6.07, 6.45) is 0.536. The number of pyridine rings is 1. The third kappa shape index (κ3) is 2.74. The lowest BCUT2D eigenvalue weighted by Gasteiger charge is -2.26. The minimum absolute atomic E-state index is 0.159. The molecule has 1 aliphatic carbocycles. The Morgan fingerprint density at radius 3 is 2.48 bits per heavy atom. The quantitative estimate of drug-likeness (QED) is 0.927. The van der Waals surface area contributed by atoms with E-state index in [0.717, 1.165) is 37.9 Å². The molecule has 0 aromatic carbocycles. The van der Waals surface area contributed by atoms with Crippen LogP contribution in [0.3, 0.4) is 0 Å². The van der Waals surface area contributed by atoms with Crippen LogP contribution >= 0.6 is 0 Å². The Bertz CT molecular complexity index is 627. The van der Waals surface area contributed by atoms with Crippen molar-refractivity contribution in [2.75, 3.05) is 6.54 Å². The molecular weight excluding hydrogens is 281 g/mol. The van der Waals surface area contributed by atoms with Crippen LogP contribution in [-0.4, -0.2) is 21.1 Å². The molecule has 0 bridgehead atoms. The fourth-order valence-electron chi connectivity index (χ4n) is 3.01. The summed E-state index contributed by atoms with van der Waals surface area (Å²) in [6.45, 7) is 0.672. The molecule has 2 aromatic heterocycles. The van der Waals surface area contributed by atoms with Crippen LogP contribution in [0.4, 0.5) is 13.2 Å². The topological polar surface area (TPSA) is 56.2 Å². The fraction of sp³-hybridized carbons (Fsp3) is 0.571. The molecular formula is C14H17F3N4. The van der Waals surface area contributed by atoms with Crippen LogP contribution in [0.2, 0.25) is 0 Å². The number of hydrogen-bond acceptors (Lipinski definition) is 3. The lowest BCUT2D eigenvalue weighted by atomic mass is 9.81. The van der Waals surface area contributed by atoms with Crippen molar-refractivity contribution in [1.82, 2.24) is 14.6 Å². The summed E-state index contributed by atoms with van der Waals surface area (Å²) in [6, 6.07) is 2.41. The first-order valence-electron chi connectivity index (χ1n) is 7.11. The van der Waals surface area contributed by atoms with Gasteiger partial charge in [0.05, 0.1) is 5.56 Å². The van der Waals surface area contributed by atoms with Crippen molar-refractivity contribution in [1.29, 1.82) is 0 Å². The van der Waals surface area contributed by atoms with E-state index in [2.05, 4.69) is 10.2 Å². The van der Waals surface area contributed by atoms with Crippen molar-refractivity contribution in [3.05, 3.63) is 29.7 Å². The number of alkyl halides is 3. The molecule has 4 nitrogen and oxygen atoms in total. The Hall–Kier alpha value is -1.63. The number of nitrogens with zero attached hydrogens (tertiary/aromatic N) is 3. The van der Waals surface area contributed by atoms with Crippen LogP contribution < -0.4 is 5.73 Å². The van der Waals surface area contributed by atoms with Gasteiger partial charge in [-0.1, -0.05) is 0 Å². The maximum absolute atomic E-state index is 12.8. The monoisotopic (exact) mass is 298 g/mol. The number of hydrogen-bond donors (Lipinski definition) is 1. The van der Waals surface area contributed by atoms with Crippen molar-refractivity contribution in [3.8, 4) is 0 Å². The second-order valence-electron chi connectivity index (χ2n) is 5.66. The fourth-order valence-corrected chi connectivity index (χ4v) is 3.01. The predicted molar refractivity (Wildman–Crippen MR) is 71.7 cm³/mol. The number of fused-ring (bicyclic) bond motifs is 1. The Morgan fingerprint density at radius 2 is 1.86 bits per heavy atom. The number of nitrogens with two attached hydrogens (primary N) is 1. The van der Waals surface area contributed by atoms with Gasteiger partial charge in [0, 0.05) is 12.1 Å². The van der Waals surface area contributed by atoms with E-state index in [4.69, 9.17) is 5.73 Å². The summed E-state index contributed by atoms with van der Waals surface area (Å²) < 4.78 is 40.0. The van der Waals surface area contributed by atoms with Gasteiger partial charge in [-0.3, -0.25) is 4.40 Å². The van der Waals surface area contributed by atoms with E-state index < -0.39 is 11.7 Å². The molecule has 0 unspecified atom stereocenters. The first kappa shape index (κ1) is 14.3. The third-order valence-electron chi connectivity index (χ3n) is 4.30. The van der Waals surface area contributed by atoms with Crippen LogP contribution in [0, 0.1) is 5.92 Å². The van der Waals surface area contributed by atoms with Gasteiger partial charge in [0.1, 0.15) is 5.82 Å². The Kier molecular flexibility index (Phi) is 3.61. The third-order valence-corrected chi connectivity index (χ3v) is 4.30. The van der Waals surface area contributed by atoms with Gasteiger partial charge in [-0.15, -0.1) is 10.2 Å². The average molecular weight is 298 g/mol. The van der Waals surface area contributed by atoms with Gasteiger partial charge in [0.15, 0.2) is 5.65 Å². The smallest absolute Gasteiger partial charge is 0.330 e. The van der Waals surface area contributed by atoms with E-state index in [1.165, 1.54) is 10.5 Å². The zero-order chi connectivity index (χ0) is 15.0. The van der Waals surface area contributed by atoms with Gasteiger partial charge in [0.2, 0.25) is 0 Å². The highest BCUT2D eigenvalue weighted by atomic mass is 19.4. The van der Waals surface area contributed by atoms with Crippen LogP contribution in [0.1, 0.15) is 43.0 Å². The van der Waals surface area contributed by atoms with Gasteiger partial charge in [-0.05, 0) is 50.3 Å². The Balaban J connectivity index is 1.92. The van der Waals surface area contributed by atoms with Gasteiger partial charge >= 0.3 is 6.18 Å². The van der Waals surface area contributed by atoms with Crippen LogP contribution in [0.25, 0.3) is 5.65 Å². The molecule has 0 amide bonds. The van der Waals surface area contributed by atoms with Gasteiger partial charge in [-0.25, -0.2) is 0 Å². The second kappa shape index (κ2) is 5.29. The zero-order valence-electron chi connectivity index (χ0n) is 11.5. The molecule has 21 heavy (non-hydrogen) atoms. The first-order chi connectivity index (χ1) is 9.99. The SMILES string of the molecule is NCC1CCC(c2nnc3ccc(C(F)(F)F)cn23)CC1. The van der Waals surface area contributed by atoms with Crippen molar-refractivity contribution in [3.63, 3.8) is 0 Å². The molecule has 1 saturated carbocycles. The lowest BCUT2D eigenvalue weighted by molar-refractivity contribution is -0.137. The normalized spacial score (nSPS) is 23.6. The minimum atomic E-state index is -4.35. The van der Waals surface area contributed by atoms with Crippen molar-refractivity contribution in [2.45, 2.75) is 37.8 Å². The average Bonchev–Trinajstić information content (AvgIpc) is 2.89. The van der Waals surface area contributed by atoms with Gasteiger partial charge in [0.25, 0.3) is 0 Å². The first-order valence-corrected chi connectivity index (χ1v) is 7.11. The maximum atomic E-state index is 12.8. The highest BCUT2D eigenvalue weighted by Crippen LogP contribution is 2.35. The summed E-state index contributed by atoms with van der Waals surface area (Å²) in [4.78, 5) is 0. The number of halogens is 3. The largest absolute Gasteiger partial charge is 0.417 e. The highest BCUT2D eigenvalue weighted by molar-refractivity contribution is 5.40. The standard InChI is InChI=1S/C14H17F3N4/c15-14(16,17)11-5-6-12-19-20-13(21(12)8-11)10-3-1-9(7-18)2-4-10/h5-6,8-10H,1-4,7,18H2. The molecule has 2 N–H and O–H groups in total. The molecule has 114 valence electrons. The van der Waals surface area contributed by atoms with E-state index in [-0.39, 0.29) is 5.92 Å². The molecule has 7 heteroatoms. The molecule has 2 heterocycles. The zero-order valence-corrected chi connectivity index (χ0v) is 11.5. The Labute approximate surface area is 120 Å². The Morgan fingerprint density at radius 1 is 1.14 bits per heavy atom. The molecule has 0 radical (unpaired) electrons. The van der Waals surface area contributed by atoms with Crippen LogP contribution in [0.15, 0.2) is 18.3 Å². The maximum Gasteiger partial charge on any atom is 0.417 e.